The monoisotopic (exact) mass is 739 g/mol. The number of ether oxygens (including phenoxy) is 4. The summed E-state index contributed by atoms with van der Waals surface area (Å²) in [5.74, 6) is -1.44. The van der Waals surface area contributed by atoms with E-state index < -0.39 is 53.4 Å². The van der Waals surface area contributed by atoms with Crippen LogP contribution in [-0.4, -0.2) is 88.2 Å². The van der Waals surface area contributed by atoms with Crippen molar-refractivity contribution in [3.8, 4) is 0 Å². The van der Waals surface area contributed by atoms with Crippen LogP contribution in [0.1, 0.15) is 79.7 Å². The van der Waals surface area contributed by atoms with Gasteiger partial charge in [0.15, 0.2) is 0 Å². The predicted octanol–water partition coefficient (Wildman–Crippen LogP) is 5.87. The van der Waals surface area contributed by atoms with Gasteiger partial charge >= 0.3 is 11.9 Å². The van der Waals surface area contributed by atoms with Gasteiger partial charge in [-0.3, -0.25) is 9.59 Å². The van der Waals surface area contributed by atoms with Crippen molar-refractivity contribution in [3.05, 3.63) is 69.8 Å². The molecule has 0 radical (unpaired) electrons. The number of aliphatic hydroxyl groups excluding tert-OH is 1. The summed E-state index contributed by atoms with van der Waals surface area (Å²) in [6.45, 7) is 12.7. The summed E-state index contributed by atoms with van der Waals surface area (Å²) >= 11 is 12.4. The van der Waals surface area contributed by atoms with E-state index in [1.165, 1.54) is 13.8 Å². The first-order chi connectivity index (χ1) is 23.4. The van der Waals surface area contributed by atoms with Gasteiger partial charge in [0.2, 0.25) is 0 Å². The molecule has 0 saturated carbocycles. The van der Waals surface area contributed by atoms with Crippen LogP contribution < -0.4 is 5.32 Å². The Bertz CT molecular complexity index is 1390. The maximum atomic E-state index is 12.9. The van der Waals surface area contributed by atoms with Crippen molar-refractivity contribution in [3.63, 3.8) is 0 Å². The summed E-state index contributed by atoms with van der Waals surface area (Å²) in [5.41, 5.74) is -1.29. The number of nitrogens with one attached hydrogen (secondary N) is 1. The second-order valence-corrected chi connectivity index (χ2v) is 15.0. The van der Waals surface area contributed by atoms with E-state index in [-0.39, 0.29) is 43.5 Å². The zero-order chi connectivity index (χ0) is 37.4. The van der Waals surface area contributed by atoms with E-state index in [4.69, 9.17) is 42.1 Å². The fourth-order valence-corrected chi connectivity index (χ4v) is 6.87. The van der Waals surface area contributed by atoms with E-state index in [1.54, 1.807) is 63.5 Å². The Morgan fingerprint density at radius 3 is 2.54 bits per heavy atom. The highest BCUT2D eigenvalue weighted by molar-refractivity contribution is 6.42. The van der Waals surface area contributed by atoms with Crippen LogP contribution in [0.15, 0.2) is 54.2 Å². The predicted molar refractivity (Wildman–Crippen MR) is 194 cm³/mol. The maximum absolute atomic E-state index is 12.9. The van der Waals surface area contributed by atoms with Crippen LogP contribution in [0.4, 0.5) is 0 Å². The van der Waals surface area contributed by atoms with Crippen molar-refractivity contribution in [2.45, 2.75) is 135 Å². The zero-order valence-corrected chi connectivity index (χ0v) is 31.9. The number of rotatable bonds is 13. The highest BCUT2D eigenvalue weighted by Gasteiger charge is 2.54. The molecule has 1 aromatic carbocycles. The van der Waals surface area contributed by atoms with Gasteiger partial charge in [0.25, 0.3) is 0 Å². The summed E-state index contributed by atoms with van der Waals surface area (Å²) in [4.78, 5) is 24.7. The third-order valence-electron chi connectivity index (χ3n) is 9.70. The number of esters is 2. The van der Waals surface area contributed by atoms with Gasteiger partial charge in [-0.05, 0) is 69.4 Å². The smallest absolute Gasteiger partial charge is 0.309 e. The van der Waals surface area contributed by atoms with Crippen LogP contribution >= 0.6 is 23.2 Å². The van der Waals surface area contributed by atoms with Gasteiger partial charge in [0.1, 0.15) is 23.9 Å². The van der Waals surface area contributed by atoms with Crippen LogP contribution in [0.5, 0.6) is 0 Å². The molecule has 3 rings (SSSR count). The standard InChI is InChI=1S/C38H55Cl2NO9/c1-9-30(47-8)24(4)34-35(50-34)36(41-21-26-13-14-28(39)29(40)19-26)38(7,46)17-10-11-22(2)33-23(3)12-15-31(48-25(5)42)37(6,45)18-16-27(43)20-32(44)49-33/h10-15,17,19,23-24,27,30-31,33-36,41,43,45-46H,9,16,18,20-21H2,1-8H3/t23-,24+,27+,30-,31-,33?,34+,35-,36?,37+,38?/m0/s1. The summed E-state index contributed by atoms with van der Waals surface area (Å²) < 4.78 is 23.1. The molecule has 1 aromatic rings. The Morgan fingerprint density at radius 1 is 1.22 bits per heavy atom. The van der Waals surface area contributed by atoms with Gasteiger partial charge in [0, 0.05) is 32.4 Å². The van der Waals surface area contributed by atoms with E-state index in [0.29, 0.717) is 22.2 Å². The summed E-state index contributed by atoms with van der Waals surface area (Å²) in [5, 5.41) is 37.9. The van der Waals surface area contributed by atoms with Crippen molar-refractivity contribution in [2.24, 2.45) is 11.8 Å². The average molecular weight is 741 g/mol. The Morgan fingerprint density at radius 2 is 1.92 bits per heavy atom. The van der Waals surface area contributed by atoms with Gasteiger partial charge in [-0.2, -0.15) is 0 Å². The van der Waals surface area contributed by atoms with E-state index in [9.17, 15) is 24.9 Å². The number of halogens is 2. The molecule has 1 fully saturated rings. The number of methoxy groups -OCH3 is 1. The molecule has 0 aromatic heterocycles. The minimum Gasteiger partial charge on any atom is -0.457 e. The van der Waals surface area contributed by atoms with E-state index in [2.05, 4.69) is 19.2 Å². The lowest BCUT2D eigenvalue weighted by molar-refractivity contribution is -0.157. The molecule has 2 aliphatic heterocycles. The number of hydrogen-bond donors (Lipinski definition) is 4. The number of allylic oxidation sites excluding steroid dienone is 2. The summed E-state index contributed by atoms with van der Waals surface area (Å²) in [6.07, 6.45) is 6.10. The first-order valence-electron chi connectivity index (χ1n) is 17.3. The minimum absolute atomic E-state index is 0.00744. The fraction of sp³-hybridized carbons (Fsp3) is 0.632. The third kappa shape index (κ3) is 11.9. The lowest BCUT2D eigenvalue weighted by atomic mass is 9.87. The topological polar surface area (TPSA) is 147 Å². The average Bonchev–Trinajstić information content (AvgIpc) is 3.82. The Labute approximate surface area is 306 Å². The fourth-order valence-electron chi connectivity index (χ4n) is 6.55. The van der Waals surface area contributed by atoms with Gasteiger partial charge in [0.05, 0.1) is 46.4 Å². The normalized spacial score (nSPS) is 31.1. The highest BCUT2D eigenvalue weighted by Crippen LogP contribution is 2.39. The molecule has 0 amide bonds. The van der Waals surface area contributed by atoms with E-state index in [1.807, 2.05) is 13.0 Å². The number of carbonyl (C=O) groups excluding carboxylic acids is 2. The van der Waals surface area contributed by atoms with Crippen molar-refractivity contribution >= 4 is 35.1 Å². The van der Waals surface area contributed by atoms with Crippen molar-refractivity contribution in [2.75, 3.05) is 7.11 Å². The van der Waals surface area contributed by atoms with Crippen molar-refractivity contribution < 1.29 is 43.9 Å². The molecule has 0 spiro atoms. The number of hydrogen-bond acceptors (Lipinski definition) is 10. The lowest BCUT2D eigenvalue weighted by Gasteiger charge is -2.32. The van der Waals surface area contributed by atoms with Crippen molar-refractivity contribution in [1.29, 1.82) is 0 Å². The summed E-state index contributed by atoms with van der Waals surface area (Å²) in [7, 11) is 1.69. The van der Waals surface area contributed by atoms with Gasteiger partial charge in [-0.15, -0.1) is 0 Å². The molecular weight excluding hydrogens is 685 g/mol. The van der Waals surface area contributed by atoms with E-state index in [0.717, 1.165) is 12.0 Å². The maximum Gasteiger partial charge on any atom is 0.309 e. The number of benzene rings is 1. The molecule has 2 aliphatic rings. The van der Waals surface area contributed by atoms with Gasteiger partial charge < -0.3 is 39.6 Å². The molecule has 10 nitrogen and oxygen atoms in total. The first-order valence-corrected chi connectivity index (χ1v) is 18.0. The molecular formula is C38H55Cl2NO9. The second kappa shape index (κ2) is 18.5. The number of aliphatic hydroxyl groups is 3. The summed E-state index contributed by atoms with van der Waals surface area (Å²) in [6, 6.07) is 4.87. The quantitative estimate of drug-likeness (QED) is 0.0839. The third-order valence-corrected chi connectivity index (χ3v) is 10.4. The van der Waals surface area contributed by atoms with E-state index >= 15 is 0 Å². The zero-order valence-electron chi connectivity index (χ0n) is 30.4. The molecule has 50 heavy (non-hydrogen) atoms. The number of cyclic esters (lactones) is 1. The Balaban J connectivity index is 1.88. The molecule has 0 aliphatic carbocycles. The molecule has 12 heteroatoms. The van der Waals surface area contributed by atoms with Crippen LogP contribution in [0.25, 0.3) is 0 Å². The lowest BCUT2D eigenvalue weighted by Crippen LogP contribution is -2.52. The van der Waals surface area contributed by atoms with Gasteiger partial charge in [-0.25, -0.2) is 0 Å². The Hall–Kier alpha value is -2.28. The Kier molecular flexibility index (Phi) is 15.6. The number of epoxide rings is 1. The van der Waals surface area contributed by atoms with Crippen LogP contribution in [-0.2, 0) is 35.1 Å². The molecule has 1 saturated heterocycles. The largest absolute Gasteiger partial charge is 0.457 e. The number of carbonyl (C=O) groups is 2. The second-order valence-electron chi connectivity index (χ2n) is 14.1. The molecule has 3 unspecified atom stereocenters. The van der Waals surface area contributed by atoms with Crippen molar-refractivity contribution in [1.82, 2.24) is 5.32 Å². The molecule has 0 bridgehead atoms. The van der Waals surface area contributed by atoms with Crippen LogP contribution in [0, 0.1) is 11.8 Å². The first kappa shape index (κ1) is 42.1. The molecule has 2 heterocycles. The molecule has 4 N–H and O–H groups in total. The minimum atomic E-state index is -1.46. The molecule has 11 atom stereocenters. The molecule has 280 valence electrons. The van der Waals surface area contributed by atoms with Crippen LogP contribution in [0.3, 0.4) is 0 Å². The highest BCUT2D eigenvalue weighted by atomic mass is 35.5. The van der Waals surface area contributed by atoms with Crippen LogP contribution in [0.2, 0.25) is 10.0 Å². The SMILES string of the molecule is CC[C@H](OC)[C@@H](C)[C@H]1O[C@@H]1C(NCc1ccc(Cl)c(Cl)c1)C(C)(O)C=CC=C(C)C1OC(=O)C[C@H](O)CC[C@@](C)(O)[C@@H](OC(C)=O)C=C[C@@H]1C. The van der Waals surface area contributed by atoms with Gasteiger partial charge in [-0.1, -0.05) is 74.3 Å².